The lowest BCUT2D eigenvalue weighted by atomic mass is 10.1. The predicted molar refractivity (Wildman–Crippen MR) is 94.6 cm³/mol. The lowest BCUT2D eigenvalue weighted by Gasteiger charge is -2.14. The number of rotatable bonds is 5. The van der Waals surface area contributed by atoms with Crippen LogP contribution in [0.1, 0.15) is 27.0 Å². The number of amides is 2. The highest BCUT2D eigenvalue weighted by atomic mass is 16.5. The van der Waals surface area contributed by atoms with Crippen molar-refractivity contribution in [2.75, 3.05) is 19.0 Å². The van der Waals surface area contributed by atoms with Crippen LogP contribution in [-0.2, 0) is 4.79 Å². The number of anilines is 1. The molecule has 5 nitrogen and oxygen atoms in total. The average molecular weight is 326 g/mol. The largest absolute Gasteiger partial charge is 0.483 e. The molecule has 2 aromatic rings. The fraction of sp³-hybridized carbons (Fsp3) is 0.263. The summed E-state index contributed by atoms with van der Waals surface area (Å²) in [6.45, 7) is 5.84. The quantitative estimate of drug-likeness (QED) is 0.887. The maximum absolute atomic E-state index is 12.1. The molecular formula is C19H22N2O3. The molecule has 24 heavy (non-hydrogen) atoms. The summed E-state index contributed by atoms with van der Waals surface area (Å²) in [6, 6.07) is 10.8. The van der Waals surface area contributed by atoms with E-state index in [1.807, 2.05) is 32.9 Å². The number of ether oxygens (including phenoxy) is 1. The summed E-state index contributed by atoms with van der Waals surface area (Å²) < 4.78 is 5.69. The highest BCUT2D eigenvalue weighted by molar-refractivity contribution is 5.97. The van der Waals surface area contributed by atoms with Crippen LogP contribution in [0.3, 0.4) is 0 Å². The molecule has 0 saturated heterocycles. The molecule has 0 aliphatic rings. The van der Waals surface area contributed by atoms with Crippen LogP contribution in [0.25, 0.3) is 0 Å². The molecule has 0 bridgehead atoms. The Morgan fingerprint density at radius 3 is 2.46 bits per heavy atom. The molecule has 0 radical (unpaired) electrons. The topological polar surface area (TPSA) is 67.4 Å². The molecular weight excluding hydrogens is 304 g/mol. The first kappa shape index (κ1) is 17.5. The van der Waals surface area contributed by atoms with Gasteiger partial charge >= 0.3 is 0 Å². The van der Waals surface area contributed by atoms with Crippen molar-refractivity contribution < 1.29 is 14.3 Å². The van der Waals surface area contributed by atoms with E-state index in [2.05, 4.69) is 10.6 Å². The minimum Gasteiger partial charge on any atom is -0.483 e. The highest BCUT2D eigenvalue weighted by Gasteiger charge is 2.10. The van der Waals surface area contributed by atoms with E-state index in [0.29, 0.717) is 11.3 Å². The van der Waals surface area contributed by atoms with E-state index in [1.54, 1.807) is 31.3 Å². The Kier molecular flexibility index (Phi) is 5.58. The maximum atomic E-state index is 12.1. The lowest BCUT2D eigenvalue weighted by Crippen LogP contribution is -2.22. The Labute approximate surface area is 142 Å². The van der Waals surface area contributed by atoms with Gasteiger partial charge in [0.25, 0.3) is 11.8 Å². The summed E-state index contributed by atoms with van der Waals surface area (Å²) in [4.78, 5) is 23.7. The van der Waals surface area contributed by atoms with E-state index in [1.165, 1.54) is 0 Å². The highest BCUT2D eigenvalue weighted by Crippen LogP contribution is 2.25. The molecule has 2 aromatic carbocycles. The van der Waals surface area contributed by atoms with Crippen molar-refractivity contribution in [3.63, 3.8) is 0 Å². The van der Waals surface area contributed by atoms with Crippen molar-refractivity contribution in [1.82, 2.24) is 5.32 Å². The summed E-state index contributed by atoms with van der Waals surface area (Å²) in [5.74, 6) is 0.266. The number of hydrogen-bond acceptors (Lipinski definition) is 3. The molecule has 0 saturated carbocycles. The first-order valence-electron chi connectivity index (χ1n) is 7.74. The Morgan fingerprint density at radius 1 is 1.04 bits per heavy atom. The second kappa shape index (κ2) is 7.64. The molecule has 0 heterocycles. The Morgan fingerprint density at radius 2 is 1.75 bits per heavy atom. The number of benzene rings is 2. The molecule has 0 fully saturated rings. The van der Waals surface area contributed by atoms with Gasteiger partial charge in [-0.05, 0) is 55.7 Å². The molecule has 0 spiro atoms. The SMILES string of the molecule is CNC(=O)c1cccc(NC(=O)COc2c(C)ccc(C)c2C)c1. The zero-order valence-electron chi connectivity index (χ0n) is 14.4. The van der Waals surface area contributed by atoms with Crippen LogP contribution >= 0.6 is 0 Å². The summed E-state index contributed by atoms with van der Waals surface area (Å²) in [6.07, 6.45) is 0. The van der Waals surface area contributed by atoms with Crippen LogP contribution in [0.2, 0.25) is 0 Å². The average Bonchev–Trinajstić information content (AvgIpc) is 2.57. The van der Waals surface area contributed by atoms with Crippen molar-refractivity contribution in [2.45, 2.75) is 20.8 Å². The van der Waals surface area contributed by atoms with Crippen molar-refractivity contribution >= 4 is 17.5 Å². The maximum Gasteiger partial charge on any atom is 0.262 e. The first-order valence-corrected chi connectivity index (χ1v) is 7.74. The van der Waals surface area contributed by atoms with E-state index in [-0.39, 0.29) is 18.4 Å². The second-order valence-corrected chi connectivity index (χ2v) is 5.65. The number of aryl methyl sites for hydroxylation is 2. The predicted octanol–water partition coefficient (Wildman–Crippen LogP) is 2.99. The zero-order chi connectivity index (χ0) is 17.7. The smallest absolute Gasteiger partial charge is 0.262 e. The van der Waals surface area contributed by atoms with E-state index in [9.17, 15) is 9.59 Å². The van der Waals surface area contributed by atoms with Gasteiger partial charge in [-0.3, -0.25) is 9.59 Å². The van der Waals surface area contributed by atoms with E-state index >= 15 is 0 Å². The number of nitrogens with one attached hydrogen (secondary N) is 2. The van der Waals surface area contributed by atoms with Crippen LogP contribution in [0.4, 0.5) is 5.69 Å². The summed E-state index contributed by atoms with van der Waals surface area (Å²) >= 11 is 0. The normalized spacial score (nSPS) is 10.2. The van der Waals surface area contributed by atoms with Crippen molar-refractivity contribution in [2.24, 2.45) is 0 Å². The van der Waals surface area contributed by atoms with Gasteiger partial charge in [0.15, 0.2) is 6.61 Å². The van der Waals surface area contributed by atoms with Gasteiger partial charge < -0.3 is 15.4 Å². The van der Waals surface area contributed by atoms with Gasteiger partial charge in [-0.1, -0.05) is 18.2 Å². The van der Waals surface area contributed by atoms with Gasteiger partial charge in [0.05, 0.1) is 0 Å². The van der Waals surface area contributed by atoms with Gasteiger partial charge in [0.1, 0.15) is 5.75 Å². The van der Waals surface area contributed by atoms with Gasteiger partial charge in [0, 0.05) is 18.3 Å². The fourth-order valence-electron chi connectivity index (χ4n) is 2.36. The number of carbonyl (C=O) groups excluding carboxylic acids is 2. The van der Waals surface area contributed by atoms with Crippen LogP contribution in [-0.4, -0.2) is 25.5 Å². The molecule has 0 aliphatic carbocycles. The minimum atomic E-state index is -0.274. The minimum absolute atomic E-state index is 0.0880. The number of hydrogen-bond donors (Lipinski definition) is 2. The van der Waals surface area contributed by atoms with Crippen LogP contribution < -0.4 is 15.4 Å². The van der Waals surface area contributed by atoms with E-state index < -0.39 is 0 Å². The molecule has 0 aliphatic heterocycles. The Bertz CT molecular complexity index is 769. The molecule has 2 N–H and O–H groups in total. The fourth-order valence-corrected chi connectivity index (χ4v) is 2.36. The van der Waals surface area contributed by atoms with Crippen molar-refractivity contribution in [3.05, 3.63) is 58.7 Å². The third-order valence-corrected chi connectivity index (χ3v) is 3.86. The van der Waals surface area contributed by atoms with Crippen LogP contribution in [0.5, 0.6) is 5.75 Å². The van der Waals surface area contributed by atoms with E-state index in [4.69, 9.17) is 4.74 Å². The summed E-state index contributed by atoms with van der Waals surface area (Å²) in [7, 11) is 1.56. The number of carbonyl (C=O) groups is 2. The third-order valence-electron chi connectivity index (χ3n) is 3.86. The van der Waals surface area contributed by atoms with Gasteiger partial charge in [-0.25, -0.2) is 0 Å². The molecule has 2 amide bonds. The molecule has 0 atom stereocenters. The molecule has 5 heteroatoms. The molecule has 0 unspecified atom stereocenters. The summed E-state index contributed by atoms with van der Waals surface area (Å²) in [5, 5.41) is 5.29. The van der Waals surface area contributed by atoms with Crippen LogP contribution in [0, 0.1) is 20.8 Å². The molecule has 126 valence electrons. The third kappa shape index (κ3) is 4.13. The Balaban J connectivity index is 2.02. The van der Waals surface area contributed by atoms with Crippen molar-refractivity contribution in [3.8, 4) is 5.75 Å². The van der Waals surface area contributed by atoms with Crippen molar-refractivity contribution in [1.29, 1.82) is 0 Å². The second-order valence-electron chi connectivity index (χ2n) is 5.65. The van der Waals surface area contributed by atoms with Gasteiger partial charge in [-0.2, -0.15) is 0 Å². The molecule has 2 rings (SSSR count). The summed E-state index contributed by atoms with van der Waals surface area (Å²) in [5.41, 5.74) is 4.19. The van der Waals surface area contributed by atoms with E-state index in [0.717, 1.165) is 22.4 Å². The monoisotopic (exact) mass is 326 g/mol. The first-order chi connectivity index (χ1) is 11.4. The van der Waals surface area contributed by atoms with Gasteiger partial charge in [-0.15, -0.1) is 0 Å². The standard InChI is InChI=1S/C19H22N2O3/c1-12-8-9-13(2)18(14(12)3)24-11-17(22)21-16-7-5-6-15(10-16)19(23)20-4/h5-10H,11H2,1-4H3,(H,20,23)(H,21,22). The van der Waals surface area contributed by atoms with Gasteiger partial charge in [0.2, 0.25) is 0 Å². The zero-order valence-corrected chi connectivity index (χ0v) is 14.4. The Hall–Kier alpha value is -2.82. The van der Waals surface area contributed by atoms with Crippen LogP contribution in [0.15, 0.2) is 36.4 Å². The lowest BCUT2D eigenvalue weighted by molar-refractivity contribution is -0.118. The molecule has 0 aromatic heterocycles.